The van der Waals surface area contributed by atoms with E-state index in [0.717, 1.165) is 10.6 Å². The van der Waals surface area contributed by atoms with Gasteiger partial charge in [0.2, 0.25) is 0 Å². The fraction of sp³-hybridized carbons (Fsp3) is 0.167. The third-order valence-electron chi connectivity index (χ3n) is 2.35. The third kappa shape index (κ3) is 3.32. The van der Waals surface area contributed by atoms with Crippen LogP contribution in [0.2, 0.25) is 10.2 Å². The lowest BCUT2D eigenvalue weighted by Crippen LogP contribution is -2.07. The van der Waals surface area contributed by atoms with Gasteiger partial charge in [-0.1, -0.05) is 35.3 Å². The van der Waals surface area contributed by atoms with Gasteiger partial charge >= 0.3 is 0 Å². The summed E-state index contributed by atoms with van der Waals surface area (Å²) in [6.45, 7) is 2.03. The summed E-state index contributed by atoms with van der Waals surface area (Å²) < 4.78 is 0. The Hall–Kier alpha value is -1.32. The predicted octanol–water partition coefficient (Wildman–Crippen LogP) is 3.96. The first-order valence-corrected chi connectivity index (χ1v) is 5.90. The Kier molecular flexibility index (Phi) is 3.82. The average Bonchev–Trinajstić information content (AvgIpc) is 2.29. The van der Waals surface area contributed by atoms with Crippen LogP contribution in [-0.4, -0.2) is 9.97 Å². The molecule has 88 valence electrons. The van der Waals surface area contributed by atoms with Gasteiger partial charge < -0.3 is 5.32 Å². The van der Waals surface area contributed by atoms with Crippen molar-refractivity contribution in [1.29, 1.82) is 0 Å². The monoisotopic (exact) mass is 267 g/mol. The lowest BCUT2D eigenvalue weighted by molar-refractivity contribution is 0.872. The second kappa shape index (κ2) is 5.34. The molecular weight excluding hydrogens is 257 g/mol. The van der Waals surface area contributed by atoms with Crippen LogP contribution in [0.4, 0.5) is 5.82 Å². The van der Waals surface area contributed by atoms with Crippen molar-refractivity contribution >= 4 is 29.0 Å². The number of aromatic nitrogens is 2. The van der Waals surface area contributed by atoms with E-state index in [9.17, 15) is 0 Å². The van der Waals surface area contributed by atoms with Gasteiger partial charge in [-0.3, -0.25) is 0 Å². The zero-order valence-electron chi connectivity index (χ0n) is 9.19. The minimum absolute atomic E-state index is 0.0969. The van der Waals surface area contributed by atoms with Crippen molar-refractivity contribution in [3.8, 4) is 0 Å². The molecule has 0 aliphatic rings. The molecule has 17 heavy (non-hydrogen) atoms. The maximum Gasteiger partial charge on any atom is 0.134 e. The first-order valence-electron chi connectivity index (χ1n) is 5.14. The number of hydrogen-bond acceptors (Lipinski definition) is 3. The second-order valence-corrected chi connectivity index (χ2v) is 4.47. The Morgan fingerprint density at radius 2 is 2.00 bits per heavy atom. The molecular formula is C12H11Cl2N3. The Morgan fingerprint density at radius 1 is 1.18 bits per heavy atom. The molecule has 3 nitrogen and oxygen atoms in total. The lowest BCUT2D eigenvalue weighted by atomic mass is 10.1. The summed E-state index contributed by atoms with van der Waals surface area (Å²) in [4.78, 5) is 7.92. The van der Waals surface area contributed by atoms with Crippen molar-refractivity contribution in [2.45, 2.75) is 13.0 Å². The normalized spacial score (nSPS) is 12.2. The molecule has 0 amide bonds. The molecule has 5 heteroatoms. The first-order chi connectivity index (χ1) is 8.15. The van der Waals surface area contributed by atoms with E-state index in [1.165, 1.54) is 6.33 Å². The van der Waals surface area contributed by atoms with Crippen molar-refractivity contribution in [2.75, 3.05) is 5.32 Å². The van der Waals surface area contributed by atoms with Gasteiger partial charge in [0.15, 0.2) is 0 Å². The molecule has 0 radical (unpaired) electrons. The lowest BCUT2D eigenvalue weighted by Gasteiger charge is -2.14. The Bertz CT molecular complexity index is 517. The number of anilines is 1. The van der Waals surface area contributed by atoms with E-state index in [1.54, 1.807) is 6.07 Å². The summed E-state index contributed by atoms with van der Waals surface area (Å²) in [5, 5.41) is 4.37. The van der Waals surface area contributed by atoms with Crippen molar-refractivity contribution in [3.63, 3.8) is 0 Å². The van der Waals surface area contributed by atoms with Gasteiger partial charge in [0.25, 0.3) is 0 Å². The molecule has 1 heterocycles. The fourth-order valence-corrected chi connectivity index (χ4v) is 1.84. The van der Waals surface area contributed by atoms with Gasteiger partial charge in [0.1, 0.15) is 17.3 Å². The highest BCUT2D eigenvalue weighted by Gasteiger charge is 2.06. The van der Waals surface area contributed by atoms with Gasteiger partial charge in [0.05, 0.1) is 0 Å². The van der Waals surface area contributed by atoms with Gasteiger partial charge in [-0.05, 0) is 24.6 Å². The van der Waals surface area contributed by atoms with E-state index in [0.29, 0.717) is 11.0 Å². The van der Waals surface area contributed by atoms with Crippen LogP contribution in [-0.2, 0) is 0 Å². The molecule has 0 saturated heterocycles. The second-order valence-electron chi connectivity index (χ2n) is 3.65. The summed E-state index contributed by atoms with van der Waals surface area (Å²) in [5.74, 6) is 0.692. The smallest absolute Gasteiger partial charge is 0.134 e. The van der Waals surface area contributed by atoms with E-state index in [4.69, 9.17) is 23.2 Å². The van der Waals surface area contributed by atoms with Crippen molar-refractivity contribution in [1.82, 2.24) is 9.97 Å². The molecule has 0 fully saturated rings. The minimum Gasteiger partial charge on any atom is -0.363 e. The summed E-state index contributed by atoms with van der Waals surface area (Å²) in [6, 6.07) is 9.47. The molecule has 1 aromatic heterocycles. The van der Waals surface area contributed by atoms with Gasteiger partial charge in [-0.25, -0.2) is 9.97 Å². The van der Waals surface area contributed by atoms with Crippen molar-refractivity contribution < 1.29 is 0 Å². The molecule has 1 aromatic carbocycles. The zero-order chi connectivity index (χ0) is 12.3. The SMILES string of the molecule is CC(Nc1cc(Cl)ncn1)c1cccc(Cl)c1. The molecule has 1 unspecified atom stereocenters. The predicted molar refractivity (Wildman–Crippen MR) is 70.5 cm³/mol. The van der Waals surface area contributed by atoms with Crippen LogP contribution < -0.4 is 5.32 Å². The zero-order valence-corrected chi connectivity index (χ0v) is 10.7. The van der Waals surface area contributed by atoms with E-state index in [-0.39, 0.29) is 6.04 Å². The topological polar surface area (TPSA) is 37.8 Å². The van der Waals surface area contributed by atoms with Crippen LogP contribution in [0, 0.1) is 0 Å². The standard InChI is InChI=1S/C12H11Cl2N3/c1-8(9-3-2-4-10(13)5-9)17-12-6-11(14)15-7-16-12/h2-8H,1H3,(H,15,16,17). The average molecular weight is 268 g/mol. The summed E-state index contributed by atoms with van der Waals surface area (Å²) in [6.07, 6.45) is 1.43. The van der Waals surface area contributed by atoms with Crippen LogP contribution in [0.5, 0.6) is 0 Å². The molecule has 0 aliphatic carbocycles. The number of rotatable bonds is 3. The summed E-state index contributed by atoms with van der Waals surface area (Å²) in [7, 11) is 0. The Labute approximate surface area is 110 Å². The maximum absolute atomic E-state index is 5.94. The van der Waals surface area contributed by atoms with Gasteiger partial charge in [0, 0.05) is 17.1 Å². The Balaban J connectivity index is 2.14. The van der Waals surface area contributed by atoms with E-state index in [2.05, 4.69) is 15.3 Å². The van der Waals surface area contributed by atoms with Crippen LogP contribution >= 0.6 is 23.2 Å². The van der Waals surface area contributed by atoms with E-state index in [1.807, 2.05) is 31.2 Å². The number of benzene rings is 1. The van der Waals surface area contributed by atoms with Crippen LogP contribution in [0.3, 0.4) is 0 Å². The first kappa shape index (κ1) is 12.1. The van der Waals surface area contributed by atoms with E-state index < -0.39 is 0 Å². The molecule has 0 bridgehead atoms. The van der Waals surface area contributed by atoms with Crippen molar-refractivity contribution in [2.24, 2.45) is 0 Å². The number of halogens is 2. The van der Waals surface area contributed by atoms with E-state index >= 15 is 0 Å². The molecule has 2 aromatic rings. The van der Waals surface area contributed by atoms with Crippen LogP contribution in [0.15, 0.2) is 36.7 Å². The molecule has 0 saturated carbocycles. The summed E-state index contributed by atoms with van der Waals surface area (Å²) >= 11 is 11.7. The quantitative estimate of drug-likeness (QED) is 0.856. The molecule has 1 atom stereocenters. The minimum atomic E-state index is 0.0969. The third-order valence-corrected chi connectivity index (χ3v) is 2.79. The number of nitrogens with zero attached hydrogens (tertiary/aromatic N) is 2. The number of hydrogen-bond donors (Lipinski definition) is 1. The summed E-state index contributed by atoms with van der Waals surface area (Å²) in [5.41, 5.74) is 1.09. The highest BCUT2D eigenvalue weighted by molar-refractivity contribution is 6.30. The molecule has 1 N–H and O–H groups in total. The van der Waals surface area contributed by atoms with Gasteiger partial charge in [-0.15, -0.1) is 0 Å². The highest BCUT2D eigenvalue weighted by Crippen LogP contribution is 2.21. The van der Waals surface area contributed by atoms with Gasteiger partial charge in [-0.2, -0.15) is 0 Å². The molecule has 0 spiro atoms. The highest BCUT2D eigenvalue weighted by atomic mass is 35.5. The molecule has 0 aliphatic heterocycles. The number of nitrogens with one attached hydrogen (secondary N) is 1. The van der Waals surface area contributed by atoms with Crippen LogP contribution in [0.25, 0.3) is 0 Å². The van der Waals surface area contributed by atoms with Crippen LogP contribution in [0.1, 0.15) is 18.5 Å². The maximum atomic E-state index is 5.94. The van der Waals surface area contributed by atoms with Crippen molar-refractivity contribution in [3.05, 3.63) is 52.4 Å². The fourth-order valence-electron chi connectivity index (χ4n) is 1.49. The largest absolute Gasteiger partial charge is 0.363 e. The Morgan fingerprint density at radius 3 is 2.71 bits per heavy atom. The molecule has 2 rings (SSSR count).